The van der Waals surface area contributed by atoms with Crippen molar-refractivity contribution in [1.29, 1.82) is 0 Å². The smallest absolute Gasteiger partial charge is 0.241 e. The minimum atomic E-state index is -0.532. The van der Waals surface area contributed by atoms with Crippen molar-refractivity contribution in [2.24, 2.45) is 11.1 Å². The van der Waals surface area contributed by atoms with Crippen molar-refractivity contribution in [3.63, 3.8) is 0 Å². The van der Waals surface area contributed by atoms with Gasteiger partial charge in [0.05, 0.1) is 11.7 Å². The molecule has 1 rings (SSSR count). The topological polar surface area (TPSA) is 55.1 Å². The van der Waals surface area contributed by atoms with Gasteiger partial charge in [-0.1, -0.05) is 32.9 Å². The van der Waals surface area contributed by atoms with Crippen LogP contribution in [0.4, 0.5) is 5.69 Å². The first-order valence-electron chi connectivity index (χ1n) is 5.55. The van der Waals surface area contributed by atoms with Crippen LogP contribution in [0.3, 0.4) is 0 Å². The molecule has 0 aliphatic rings. The first-order chi connectivity index (χ1) is 7.73. The Morgan fingerprint density at radius 2 is 2.00 bits per heavy atom. The van der Waals surface area contributed by atoms with E-state index in [2.05, 4.69) is 21.2 Å². The Balaban J connectivity index is 2.86. The van der Waals surface area contributed by atoms with Gasteiger partial charge in [0, 0.05) is 4.47 Å². The van der Waals surface area contributed by atoms with E-state index in [-0.39, 0.29) is 11.3 Å². The zero-order chi connectivity index (χ0) is 13.2. The average Bonchev–Trinajstić information content (AvgIpc) is 2.22. The summed E-state index contributed by atoms with van der Waals surface area (Å²) in [6.07, 6.45) is 0. The SMILES string of the molecule is Cc1cccc(NC(=O)C(N)C(C)(C)C)c1Br. The molecule has 1 aromatic rings. The summed E-state index contributed by atoms with van der Waals surface area (Å²) in [5.41, 5.74) is 7.49. The number of benzene rings is 1. The maximum atomic E-state index is 12.0. The second kappa shape index (κ2) is 5.19. The molecule has 1 amide bonds. The molecule has 4 heteroatoms. The molecule has 1 atom stereocenters. The molecule has 0 radical (unpaired) electrons. The number of carbonyl (C=O) groups is 1. The summed E-state index contributed by atoms with van der Waals surface area (Å²) >= 11 is 3.45. The molecule has 0 aromatic heterocycles. The van der Waals surface area contributed by atoms with Crippen LogP contribution in [0.15, 0.2) is 22.7 Å². The fraction of sp³-hybridized carbons (Fsp3) is 0.462. The van der Waals surface area contributed by atoms with E-state index in [9.17, 15) is 4.79 Å². The Morgan fingerprint density at radius 3 is 2.53 bits per heavy atom. The van der Waals surface area contributed by atoms with Crippen molar-refractivity contribution >= 4 is 27.5 Å². The Morgan fingerprint density at radius 1 is 1.41 bits per heavy atom. The second-order valence-electron chi connectivity index (χ2n) is 5.27. The van der Waals surface area contributed by atoms with Crippen LogP contribution in [0.2, 0.25) is 0 Å². The van der Waals surface area contributed by atoms with Gasteiger partial charge in [-0.2, -0.15) is 0 Å². The molecule has 0 saturated heterocycles. The van der Waals surface area contributed by atoms with Crippen molar-refractivity contribution in [1.82, 2.24) is 0 Å². The summed E-state index contributed by atoms with van der Waals surface area (Å²) in [6.45, 7) is 7.82. The summed E-state index contributed by atoms with van der Waals surface area (Å²) < 4.78 is 0.898. The molecule has 1 aromatic carbocycles. The summed E-state index contributed by atoms with van der Waals surface area (Å²) in [4.78, 5) is 12.0. The Labute approximate surface area is 111 Å². The van der Waals surface area contributed by atoms with Gasteiger partial charge in [-0.05, 0) is 39.9 Å². The number of hydrogen-bond acceptors (Lipinski definition) is 2. The molecule has 0 heterocycles. The van der Waals surface area contributed by atoms with Crippen LogP contribution in [0.1, 0.15) is 26.3 Å². The second-order valence-corrected chi connectivity index (χ2v) is 6.06. The van der Waals surface area contributed by atoms with Crippen LogP contribution in [-0.4, -0.2) is 11.9 Å². The van der Waals surface area contributed by atoms with Crippen LogP contribution < -0.4 is 11.1 Å². The molecular formula is C13H19BrN2O. The van der Waals surface area contributed by atoms with Crippen molar-refractivity contribution in [3.05, 3.63) is 28.2 Å². The van der Waals surface area contributed by atoms with Gasteiger partial charge in [0.15, 0.2) is 0 Å². The minimum absolute atomic E-state index is 0.163. The Bertz CT molecular complexity index is 424. The molecule has 3 nitrogen and oxygen atoms in total. The molecule has 17 heavy (non-hydrogen) atoms. The monoisotopic (exact) mass is 298 g/mol. The van der Waals surface area contributed by atoms with Crippen LogP contribution in [0.25, 0.3) is 0 Å². The predicted molar refractivity (Wildman–Crippen MR) is 74.9 cm³/mol. The number of halogens is 1. The van der Waals surface area contributed by atoms with Crippen LogP contribution >= 0.6 is 15.9 Å². The summed E-state index contributed by atoms with van der Waals surface area (Å²) in [7, 11) is 0. The lowest BCUT2D eigenvalue weighted by atomic mass is 9.87. The predicted octanol–water partition coefficient (Wildman–Crippen LogP) is 3.07. The van der Waals surface area contributed by atoms with Crippen LogP contribution in [-0.2, 0) is 4.79 Å². The van der Waals surface area contributed by atoms with Gasteiger partial charge in [0.1, 0.15) is 0 Å². The van der Waals surface area contributed by atoms with Gasteiger partial charge in [-0.25, -0.2) is 0 Å². The first-order valence-corrected chi connectivity index (χ1v) is 6.34. The standard InChI is InChI=1S/C13H19BrN2O/c1-8-6-5-7-9(10(8)14)16-12(17)11(15)13(2,3)4/h5-7,11H,15H2,1-4H3,(H,16,17). The number of nitrogens with one attached hydrogen (secondary N) is 1. The maximum absolute atomic E-state index is 12.0. The average molecular weight is 299 g/mol. The fourth-order valence-corrected chi connectivity index (χ4v) is 1.71. The Hall–Kier alpha value is -0.870. The summed E-state index contributed by atoms with van der Waals surface area (Å²) in [5, 5.41) is 2.85. The van der Waals surface area contributed by atoms with Gasteiger partial charge in [0.2, 0.25) is 5.91 Å². The zero-order valence-corrected chi connectivity index (χ0v) is 12.3. The summed E-state index contributed by atoms with van der Waals surface area (Å²) in [5.74, 6) is -0.163. The van der Waals surface area contributed by atoms with Gasteiger partial charge in [0.25, 0.3) is 0 Å². The molecule has 0 aliphatic carbocycles. The fourth-order valence-electron chi connectivity index (χ4n) is 1.35. The van der Waals surface area contributed by atoms with E-state index in [1.807, 2.05) is 45.9 Å². The van der Waals surface area contributed by atoms with E-state index < -0.39 is 6.04 Å². The van der Waals surface area contributed by atoms with E-state index in [1.54, 1.807) is 0 Å². The van der Waals surface area contributed by atoms with E-state index in [0.29, 0.717) is 0 Å². The highest BCUT2D eigenvalue weighted by Gasteiger charge is 2.27. The van der Waals surface area contributed by atoms with Gasteiger partial charge in [-0.15, -0.1) is 0 Å². The first kappa shape index (κ1) is 14.2. The van der Waals surface area contributed by atoms with Crippen molar-refractivity contribution < 1.29 is 4.79 Å². The highest BCUT2D eigenvalue weighted by molar-refractivity contribution is 9.10. The van der Waals surface area contributed by atoms with E-state index in [0.717, 1.165) is 15.7 Å². The molecule has 3 N–H and O–H groups in total. The molecule has 0 saturated carbocycles. The molecular weight excluding hydrogens is 280 g/mol. The number of nitrogens with two attached hydrogens (primary N) is 1. The number of hydrogen-bond donors (Lipinski definition) is 2. The molecule has 1 unspecified atom stereocenters. The molecule has 0 fully saturated rings. The van der Waals surface area contributed by atoms with Crippen LogP contribution in [0.5, 0.6) is 0 Å². The van der Waals surface area contributed by atoms with E-state index in [1.165, 1.54) is 0 Å². The van der Waals surface area contributed by atoms with Gasteiger partial charge < -0.3 is 11.1 Å². The molecule has 0 aliphatic heterocycles. The number of rotatable bonds is 2. The van der Waals surface area contributed by atoms with Gasteiger partial charge >= 0.3 is 0 Å². The highest BCUT2D eigenvalue weighted by Crippen LogP contribution is 2.26. The quantitative estimate of drug-likeness (QED) is 0.881. The largest absolute Gasteiger partial charge is 0.324 e. The Kier molecular flexibility index (Phi) is 4.33. The lowest BCUT2D eigenvalue weighted by molar-refractivity contribution is -0.119. The number of aryl methyl sites for hydroxylation is 1. The molecule has 0 bridgehead atoms. The zero-order valence-electron chi connectivity index (χ0n) is 10.7. The van der Waals surface area contributed by atoms with E-state index in [4.69, 9.17) is 5.73 Å². The third-order valence-corrected chi connectivity index (χ3v) is 3.72. The maximum Gasteiger partial charge on any atom is 0.241 e. The van der Waals surface area contributed by atoms with Crippen molar-refractivity contribution in [2.75, 3.05) is 5.32 Å². The molecule has 94 valence electrons. The highest BCUT2D eigenvalue weighted by atomic mass is 79.9. The lowest BCUT2D eigenvalue weighted by Gasteiger charge is -2.26. The molecule has 0 spiro atoms. The van der Waals surface area contributed by atoms with Crippen LogP contribution in [0, 0.1) is 12.3 Å². The minimum Gasteiger partial charge on any atom is -0.324 e. The van der Waals surface area contributed by atoms with Gasteiger partial charge in [-0.3, -0.25) is 4.79 Å². The van der Waals surface area contributed by atoms with E-state index >= 15 is 0 Å². The van der Waals surface area contributed by atoms with Crippen molar-refractivity contribution in [2.45, 2.75) is 33.7 Å². The third-order valence-electron chi connectivity index (χ3n) is 2.67. The van der Waals surface area contributed by atoms with Crippen molar-refractivity contribution in [3.8, 4) is 0 Å². The number of amides is 1. The third kappa shape index (κ3) is 3.54. The number of carbonyl (C=O) groups excluding carboxylic acids is 1. The lowest BCUT2D eigenvalue weighted by Crippen LogP contribution is -2.45. The summed E-state index contributed by atoms with van der Waals surface area (Å²) in [6, 6.07) is 5.20. The number of anilines is 1. The normalized spacial score (nSPS) is 13.3.